The minimum atomic E-state index is 0.388. The number of thiazole rings is 1. The highest BCUT2D eigenvalue weighted by Crippen LogP contribution is 2.39. The topological polar surface area (TPSA) is 34.1 Å². The monoisotopic (exact) mass is 302 g/mol. The molecule has 0 saturated carbocycles. The van der Waals surface area contributed by atoms with Gasteiger partial charge < -0.3 is 10.1 Å². The molecule has 2 heterocycles. The van der Waals surface area contributed by atoms with E-state index in [0.717, 1.165) is 37.4 Å². The molecule has 0 bridgehead atoms. The maximum Gasteiger partial charge on any atom is 0.122 e. The van der Waals surface area contributed by atoms with Crippen molar-refractivity contribution in [3.8, 4) is 5.75 Å². The van der Waals surface area contributed by atoms with Gasteiger partial charge in [0, 0.05) is 10.9 Å². The smallest absolute Gasteiger partial charge is 0.122 e. The predicted molar refractivity (Wildman–Crippen MR) is 87.2 cm³/mol. The molecule has 1 N–H and O–H groups in total. The van der Waals surface area contributed by atoms with Crippen molar-refractivity contribution in [3.63, 3.8) is 0 Å². The standard InChI is InChI=1S/C17H22N2OS/c1-3-18-15(17-12(2)19-11-21-17)10-13-8-9-20-16-7-5-4-6-14(13)16/h4-7,11,13,15,18H,3,8-10H2,1-2H3. The number of hydrogen-bond acceptors (Lipinski definition) is 4. The van der Waals surface area contributed by atoms with Crippen molar-refractivity contribution in [2.75, 3.05) is 13.2 Å². The summed E-state index contributed by atoms with van der Waals surface area (Å²) in [7, 11) is 0. The molecule has 0 spiro atoms. The second-order valence-electron chi connectivity index (χ2n) is 5.52. The zero-order chi connectivity index (χ0) is 14.7. The molecule has 0 saturated heterocycles. The summed E-state index contributed by atoms with van der Waals surface area (Å²) < 4.78 is 5.78. The van der Waals surface area contributed by atoms with Crippen LogP contribution in [-0.4, -0.2) is 18.1 Å². The van der Waals surface area contributed by atoms with Crippen LogP contribution in [0.15, 0.2) is 29.8 Å². The Kier molecular flexibility index (Phi) is 4.56. The summed E-state index contributed by atoms with van der Waals surface area (Å²) >= 11 is 1.76. The highest BCUT2D eigenvalue weighted by Gasteiger charge is 2.26. The zero-order valence-electron chi connectivity index (χ0n) is 12.6. The molecule has 3 nitrogen and oxygen atoms in total. The van der Waals surface area contributed by atoms with E-state index in [1.165, 1.54) is 10.4 Å². The van der Waals surface area contributed by atoms with E-state index in [1.54, 1.807) is 11.3 Å². The number of fused-ring (bicyclic) bond motifs is 1. The van der Waals surface area contributed by atoms with E-state index < -0.39 is 0 Å². The van der Waals surface area contributed by atoms with E-state index in [1.807, 2.05) is 5.51 Å². The third-order valence-corrected chi connectivity index (χ3v) is 5.20. The molecule has 21 heavy (non-hydrogen) atoms. The van der Waals surface area contributed by atoms with Crippen LogP contribution >= 0.6 is 11.3 Å². The lowest BCUT2D eigenvalue weighted by atomic mass is 9.87. The molecule has 1 aromatic heterocycles. The number of benzene rings is 1. The Morgan fingerprint density at radius 2 is 2.29 bits per heavy atom. The second-order valence-corrected chi connectivity index (χ2v) is 6.41. The molecule has 2 atom stereocenters. The first-order chi connectivity index (χ1) is 10.3. The summed E-state index contributed by atoms with van der Waals surface area (Å²) in [6, 6.07) is 8.85. The molecule has 0 amide bonds. The molecule has 112 valence electrons. The first-order valence-corrected chi connectivity index (χ1v) is 8.52. The van der Waals surface area contributed by atoms with Crippen LogP contribution in [0, 0.1) is 6.92 Å². The number of hydrogen-bond donors (Lipinski definition) is 1. The highest BCUT2D eigenvalue weighted by molar-refractivity contribution is 7.09. The van der Waals surface area contributed by atoms with Gasteiger partial charge in [-0.3, -0.25) is 0 Å². The summed E-state index contributed by atoms with van der Waals surface area (Å²) in [4.78, 5) is 5.79. The van der Waals surface area contributed by atoms with Crippen molar-refractivity contribution in [1.29, 1.82) is 0 Å². The van der Waals surface area contributed by atoms with Crippen molar-refractivity contribution in [2.45, 2.75) is 38.6 Å². The molecule has 2 aromatic rings. The van der Waals surface area contributed by atoms with E-state index in [2.05, 4.69) is 48.4 Å². The average Bonchev–Trinajstić information content (AvgIpc) is 2.93. The summed E-state index contributed by atoms with van der Waals surface area (Å²) in [5.41, 5.74) is 4.47. The van der Waals surface area contributed by atoms with E-state index in [-0.39, 0.29) is 0 Å². The Morgan fingerprint density at radius 3 is 3.05 bits per heavy atom. The van der Waals surface area contributed by atoms with Crippen molar-refractivity contribution in [1.82, 2.24) is 10.3 Å². The van der Waals surface area contributed by atoms with Gasteiger partial charge in [-0.2, -0.15) is 0 Å². The van der Waals surface area contributed by atoms with Gasteiger partial charge in [0.2, 0.25) is 0 Å². The van der Waals surface area contributed by atoms with Crippen LogP contribution in [0.1, 0.15) is 47.9 Å². The molecule has 0 aliphatic carbocycles. The van der Waals surface area contributed by atoms with Crippen LogP contribution in [0.2, 0.25) is 0 Å². The van der Waals surface area contributed by atoms with E-state index in [4.69, 9.17) is 4.74 Å². The van der Waals surface area contributed by atoms with Crippen molar-refractivity contribution >= 4 is 11.3 Å². The molecule has 3 rings (SSSR count). The van der Waals surface area contributed by atoms with Crippen molar-refractivity contribution in [2.24, 2.45) is 0 Å². The first kappa shape index (κ1) is 14.5. The lowest BCUT2D eigenvalue weighted by molar-refractivity contribution is 0.255. The third kappa shape index (κ3) is 3.11. The third-order valence-electron chi connectivity index (χ3n) is 4.15. The molecular weight excluding hydrogens is 280 g/mol. The minimum Gasteiger partial charge on any atom is -0.493 e. The van der Waals surface area contributed by atoms with Crippen LogP contribution in [0.3, 0.4) is 0 Å². The summed E-state index contributed by atoms with van der Waals surface area (Å²) in [5.74, 6) is 1.62. The van der Waals surface area contributed by atoms with E-state index in [0.29, 0.717) is 12.0 Å². The quantitative estimate of drug-likeness (QED) is 0.904. The molecule has 1 aliphatic heterocycles. The summed E-state index contributed by atoms with van der Waals surface area (Å²) in [6.45, 7) is 6.07. The number of nitrogens with one attached hydrogen (secondary N) is 1. The van der Waals surface area contributed by atoms with E-state index >= 15 is 0 Å². The fraction of sp³-hybridized carbons (Fsp3) is 0.471. The van der Waals surface area contributed by atoms with Crippen LogP contribution in [0.5, 0.6) is 5.75 Å². The number of ether oxygens (including phenoxy) is 1. The lowest BCUT2D eigenvalue weighted by Gasteiger charge is -2.29. The van der Waals surface area contributed by atoms with Gasteiger partial charge in [0.15, 0.2) is 0 Å². The Morgan fingerprint density at radius 1 is 1.43 bits per heavy atom. The molecule has 0 radical (unpaired) electrons. The first-order valence-electron chi connectivity index (χ1n) is 7.64. The van der Waals surface area contributed by atoms with Crippen molar-refractivity contribution < 1.29 is 4.74 Å². The van der Waals surface area contributed by atoms with Gasteiger partial charge in [0.05, 0.1) is 17.8 Å². The van der Waals surface area contributed by atoms with Crippen LogP contribution in [0.25, 0.3) is 0 Å². The molecule has 2 unspecified atom stereocenters. The van der Waals surface area contributed by atoms with Crippen molar-refractivity contribution in [3.05, 3.63) is 45.9 Å². The summed E-state index contributed by atoms with van der Waals surface area (Å²) in [6.07, 6.45) is 2.20. The number of aryl methyl sites for hydroxylation is 1. The largest absolute Gasteiger partial charge is 0.493 e. The number of aromatic nitrogens is 1. The predicted octanol–water partition coefficient (Wildman–Crippen LogP) is 4.06. The molecule has 0 fully saturated rings. The highest BCUT2D eigenvalue weighted by atomic mass is 32.1. The van der Waals surface area contributed by atoms with Crippen LogP contribution in [0.4, 0.5) is 0 Å². The maximum atomic E-state index is 5.78. The van der Waals surface area contributed by atoms with Gasteiger partial charge in [0.25, 0.3) is 0 Å². The van der Waals surface area contributed by atoms with Gasteiger partial charge in [-0.05, 0) is 43.9 Å². The molecule has 4 heteroatoms. The van der Waals surface area contributed by atoms with Crippen LogP contribution in [-0.2, 0) is 0 Å². The Labute approximate surface area is 130 Å². The SMILES string of the molecule is CCNC(CC1CCOc2ccccc21)c1scnc1C. The normalized spacial score (nSPS) is 18.9. The fourth-order valence-electron chi connectivity index (χ4n) is 3.12. The molecule has 1 aliphatic rings. The van der Waals surface area contributed by atoms with Gasteiger partial charge in [-0.15, -0.1) is 11.3 Å². The van der Waals surface area contributed by atoms with E-state index in [9.17, 15) is 0 Å². The Balaban J connectivity index is 1.83. The zero-order valence-corrected chi connectivity index (χ0v) is 13.5. The van der Waals surface area contributed by atoms with Gasteiger partial charge in [-0.25, -0.2) is 4.98 Å². The Bertz CT molecular complexity index is 596. The number of rotatable bonds is 5. The fourth-order valence-corrected chi connectivity index (χ4v) is 4.01. The molecular formula is C17H22N2OS. The van der Waals surface area contributed by atoms with Gasteiger partial charge in [-0.1, -0.05) is 25.1 Å². The lowest BCUT2D eigenvalue weighted by Crippen LogP contribution is -2.25. The average molecular weight is 302 g/mol. The van der Waals surface area contributed by atoms with Crippen LogP contribution < -0.4 is 10.1 Å². The van der Waals surface area contributed by atoms with Gasteiger partial charge in [0.1, 0.15) is 5.75 Å². The number of nitrogens with zero attached hydrogens (tertiary/aromatic N) is 1. The summed E-state index contributed by atoms with van der Waals surface area (Å²) in [5, 5.41) is 3.63. The number of para-hydroxylation sites is 1. The Hall–Kier alpha value is -1.39. The minimum absolute atomic E-state index is 0.388. The molecule has 1 aromatic carbocycles. The maximum absolute atomic E-state index is 5.78. The second kappa shape index (κ2) is 6.58. The van der Waals surface area contributed by atoms with Gasteiger partial charge >= 0.3 is 0 Å².